The molecular formula is C16H26N2O. The van der Waals surface area contributed by atoms with Crippen molar-refractivity contribution in [3.63, 3.8) is 0 Å². The highest BCUT2D eigenvalue weighted by atomic mass is 16.1. The summed E-state index contributed by atoms with van der Waals surface area (Å²) < 4.78 is 0. The molecule has 0 spiro atoms. The second-order valence-electron chi connectivity index (χ2n) is 6.05. The van der Waals surface area contributed by atoms with E-state index in [1.54, 1.807) is 0 Å². The SMILES string of the molecule is CC(CCNC(=O)CNC(C)(C)C)c1ccccc1. The van der Waals surface area contributed by atoms with Crippen molar-refractivity contribution in [1.82, 2.24) is 10.6 Å². The Labute approximate surface area is 116 Å². The lowest BCUT2D eigenvalue weighted by Crippen LogP contribution is -2.43. The van der Waals surface area contributed by atoms with Crippen molar-refractivity contribution in [3.05, 3.63) is 35.9 Å². The zero-order valence-electron chi connectivity index (χ0n) is 12.5. The van der Waals surface area contributed by atoms with Crippen molar-refractivity contribution in [3.8, 4) is 0 Å². The Hall–Kier alpha value is -1.35. The van der Waals surface area contributed by atoms with Crippen LogP contribution >= 0.6 is 0 Å². The van der Waals surface area contributed by atoms with Gasteiger partial charge in [0.1, 0.15) is 0 Å². The van der Waals surface area contributed by atoms with Gasteiger partial charge in [0.25, 0.3) is 0 Å². The summed E-state index contributed by atoms with van der Waals surface area (Å²) in [5, 5.41) is 6.13. The second-order valence-corrected chi connectivity index (χ2v) is 6.05. The standard InChI is InChI=1S/C16H26N2O/c1-13(14-8-6-5-7-9-14)10-11-17-15(19)12-18-16(2,3)4/h5-9,13,18H,10-12H2,1-4H3,(H,17,19). The molecule has 2 N–H and O–H groups in total. The average Bonchev–Trinajstić information content (AvgIpc) is 2.36. The van der Waals surface area contributed by atoms with Gasteiger partial charge in [0.15, 0.2) is 0 Å². The molecule has 106 valence electrons. The largest absolute Gasteiger partial charge is 0.355 e. The fraction of sp³-hybridized carbons (Fsp3) is 0.562. The highest BCUT2D eigenvalue weighted by Crippen LogP contribution is 2.17. The van der Waals surface area contributed by atoms with Gasteiger partial charge in [-0.2, -0.15) is 0 Å². The van der Waals surface area contributed by atoms with Crippen LogP contribution in [0.5, 0.6) is 0 Å². The lowest BCUT2D eigenvalue weighted by atomic mass is 9.98. The van der Waals surface area contributed by atoms with Crippen LogP contribution in [0.1, 0.15) is 45.6 Å². The molecule has 1 unspecified atom stereocenters. The van der Waals surface area contributed by atoms with Gasteiger partial charge in [-0.1, -0.05) is 37.3 Å². The Morgan fingerprint density at radius 1 is 1.21 bits per heavy atom. The molecule has 0 aliphatic heterocycles. The van der Waals surface area contributed by atoms with Gasteiger partial charge in [0, 0.05) is 12.1 Å². The van der Waals surface area contributed by atoms with Crippen molar-refractivity contribution in [2.45, 2.75) is 45.6 Å². The molecule has 0 aliphatic rings. The first-order valence-electron chi connectivity index (χ1n) is 6.95. The summed E-state index contributed by atoms with van der Waals surface area (Å²) in [5.41, 5.74) is 1.30. The number of amides is 1. The smallest absolute Gasteiger partial charge is 0.233 e. The molecule has 19 heavy (non-hydrogen) atoms. The fourth-order valence-electron chi connectivity index (χ4n) is 1.78. The molecule has 1 aromatic rings. The molecule has 0 fully saturated rings. The minimum absolute atomic E-state index is 0.0192. The Bertz CT molecular complexity index is 381. The highest BCUT2D eigenvalue weighted by Gasteiger charge is 2.11. The minimum Gasteiger partial charge on any atom is -0.355 e. The van der Waals surface area contributed by atoms with Gasteiger partial charge in [-0.05, 0) is 38.7 Å². The van der Waals surface area contributed by atoms with Gasteiger partial charge in [0.05, 0.1) is 6.54 Å². The molecule has 3 heteroatoms. The molecule has 0 heterocycles. The number of nitrogens with one attached hydrogen (secondary N) is 2. The maximum atomic E-state index is 11.6. The van der Waals surface area contributed by atoms with E-state index in [1.807, 2.05) is 6.07 Å². The number of hydrogen-bond acceptors (Lipinski definition) is 2. The van der Waals surface area contributed by atoms with Crippen LogP contribution in [0.15, 0.2) is 30.3 Å². The molecule has 0 aliphatic carbocycles. The van der Waals surface area contributed by atoms with Crippen LogP contribution in [0, 0.1) is 0 Å². The molecule has 1 aromatic carbocycles. The summed E-state index contributed by atoms with van der Waals surface area (Å²) >= 11 is 0. The zero-order valence-corrected chi connectivity index (χ0v) is 12.5. The summed E-state index contributed by atoms with van der Waals surface area (Å²) in [6.45, 7) is 9.45. The van der Waals surface area contributed by atoms with E-state index in [2.05, 4.69) is 62.6 Å². The molecule has 1 rings (SSSR count). The minimum atomic E-state index is -0.0192. The van der Waals surface area contributed by atoms with Gasteiger partial charge in [-0.15, -0.1) is 0 Å². The van der Waals surface area contributed by atoms with Crippen molar-refractivity contribution in [2.75, 3.05) is 13.1 Å². The van der Waals surface area contributed by atoms with Gasteiger partial charge >= 0.3 is 0 Å². The molecule has 0 radical (unpaired) electrons. The van der Waals surface area contributed by atoms with Gasteiger partial charge in [-0.3, -0.25) is 4.79 Å². The van der Waals surface area contributed by atoms with E-state index < -0.39 is 0 Å². The van der Waals surface area contributed by atoms with E-state index in [4.69, 9.17) is 0 Å². The summed E-state index contributed by atoms with van der Waals surface area (Å²) in [6.07, 6.45) is 0.964. The molecule has 0 saturated heterocycles. The maximum Gasteiger partial charge on any atom is 0.233 e. The summed E-state index contributed by atoms with van der Waals surface area (Å²) in [4.78, 5) is 11.6. The van der Waals surface area contributed by atoms with Gasteiger partial charge < -0.3 is 10.6 Å². The van der Waals surface area contributed by atoms with Crippen molar-refractivity contribution in [1.29, 1.82) is 0 Å². The normalized spacial score (nSPS) is 13.1. The molecule has 1 amide bonds. The first kappa shape index (κ1) is 15.7. The molecule has 3 nitrogen and oxygen atoms in total. The Morgan fingerprint density at radius 3 is 2.42 bits per heavy atom. The van der Waals surface area contributed by atoms with Crippen molar-refractivity contribution >= 4 is 5.91 Å². The zero-order chi connectivity index (χ0) is 14.3. The Morgan fingerprint density at radius 2 is 1.84 bits per heavy atom. The maximum absolute atomic E-state index is 11.6. The Kier molecular flexibility index (Phi) is 6.03. The molecule has 0 saturated carbocycles. The summed E-state index contributed by atoms with van der Waals surface area (Å²) in [7, 11) is 0. The number of carbonyl (C=O) groups excluding carboxylic acids is 1. The first-order chi connectivity index (χ1) is 8.88. The number of carbonyl (C=O) groups is 1. The van der Waals surface area contributed by atoms with E-state index in [0.29, 0.717) is 12.5 Å². The average molecular weight is 262 g/mol. The first-order valence-corrected chi connectivity index (χ1v) is 6.95. The molecule has 0 aromatic heterocycles. The van der Waals surface area contributed by atoms with Crippen LogP contribution in [0.2, 0.25) is 0 Å². The van der Waals surface area contributed by atoms with Crippen molar-refractivity contribution < 1.29 is 4.79 Å². The lowest BCUT2D eigenvalue weighted by molar-refractivity contribution is -0.120. The molecule has 0 bridgehead atoms. The van der Waals surface area contributed by atoms with E-state index in [0.717, 1.165) is 13.0 Å². The van der Waals surface area contributed by atoms with Crippen LogP contribution in [0.3, 0.4) is 0 Å². The van der Waals surface area contributed by atoms with Crippen LogP contribution < -0.4 is 10.6 Å². The summed E-state index contributed by atoms with van der Waals surface area (Å²) in [6, 6.07) is 10.4. The molecular weight excluding hydrogens is 236 g/mol. The number of hydrogen-bond donors (Lipinski definition) is 2. The highest BCUT2D eigenvalue weighted by molar-refractivity contribution is 5.78. The van der Waals surface area contributed by atoms with Crippen molar-refractivity contribution in [2.24, 2.45) is 0 Å². The van der Waals surface area contributed by atoms with Crippen LogP contribution in [-0.2, 0) is 4.79 Å². The topological polar surface area (TPSA) is 41.1 Å². The monoisotopic (exact) mass is 262 g/mol. The summed E-state index contributed by atoms with van der Waals surface area (Å²) in [5.74, 6) is 0.535. The van der Waals surface area contributed by atoms with E-state index in [9.17, 15) is 4.79 Å². The third-order valence-electron chi connectivity index (χ3n) is 3.05. The van der Waals surface area contributed by atoms with E-state index in [1.165, 1.54) is 5.56 Å². The quantitative estimate of drug-likeness (QED) is 0.827. The third-order valence-corrected chi connectivity index (χ3v) is 3.05. The van der Waals surface area contributed by atoms with E-state index >= 15 is 0 Å². The fourth-order valence-corrected chi connectivity index (χ4v) is 1.78. The van der Waals surface area contributed by atoms with E-state index in [-0.39, 0.29) is 11.4 Å². The van der Waals surface area contributed by atoms with Crippen LogP contribution in [0.25, 0.3) is 0 Å². The third kappa shape index (κ3) is 6.97. The number of benzene rings is 1. The predicted molar refractivity (Wildman–Crippen MR) is 80.2 cm³/mol. The lowest BCUT2D eigenvalue weighted by Gasteiger charge is -2.20. The van der Waals surface area contributed by atoms with Crippen LogP contribution in [0.4, 0.5) is 0 Å². The second kappa shape index (κ2) is 7.29. The van der Waals surface area contributed by atoms with Gasteiger partial charge in [-0.25, -0.2) is 0 Å². The Balaban J connectivity index is 2.22. The van der Waals surface area contributed by atoms with Gasteiger partial charge in [0.2, 0.25) is 5.91 Å². The predicted octanol–water partition coefficient (Wildman–Crippen LogP) is 2.68. The van der Waals surface area contributed by atoms with Crippen LogP contribution in [-0.4, -0.2) is 24.5 Å². The molecule has 1 atom stereocenters. The number of rotatable bonds is 6.